The first-order valence-electron chi connectivity index (χ1n) is 6.21. The molecule has 0 aliphatic heterocycles. The van der Waals surface area contributed by atoms with Crippen molar-refractivity contribution in [1.82, 2.24) is 9.78 Å². The lowest BCUT2D eigenvalue weighted by molar-refractivity contribution is 0.132. The van der Waals surface area contributed by atoms with Crippen LogP contribution in [0.25, 0.3) is 0 Å². The fraction of sp³-hybridized carbons (Fsp3) is 0.750. The van der Waals surface area contributed by atoms with Gasteiger partial charge in [0.1, 0.15) is 0 Å². The van der Waals surface area contributed by atoms with Gasteiger partial charge in [0, 0.05) is 25.6 Å². The van der Waals surface area contributed by atoms with E-state index in [1.165, 1.54) is 0 Å². The summed E-state index contributed by atoms with van der Waals surface area (Å²) >= 11 is 6.31. The summed E-state index contributed by atoms with van der Waals surface area (Å²) in [6, 6.07) is -0.0286. The second-order valence-corrected chi connectivity index (χ2v) is 4.38. The minimum atomic E-state index is -0.0286. The van der Waals surface area contributed by atoms with Gasteiger partial charge < -0.3 is 10.5 Å². The van der Waals surface area contributed by atoms with Crippen LogP contribution in [0.3, 0.4) is 0 Å². The van der Waals surface area contributed by atoms with Crippen LogP contribution in [-0.4, -0.2) is 29.0 Å². The molecule has 1 unspecified atom stereocenters. The molecule has 0 spiro atoms. The Morgan fingerprint density at radius 2 is 2.12 bits per heavy atom. The zero-order valence-electron chi connectivity index (χ0n) is 10.9. The first-order chi connectivity index (χ1) is 8.13. The van der Waals surface area contributed by atoms with Gasteiger partial charge in [-0.15, -0.1) is 0 Å². The second-order valence-electron chi connectivity index (χ2n) is 4.00. The number of nitrogens with two attached hydrogens (primary N) is 1. The van der Waals surface area contributed by atoms with E-state index in [9.17, 15) is 0 Å². The number of ether oxygens (including phenoxy) is 1. The van der Waals surface area contributed by atoms with E-state index in [1.54, 1.807) is 0 Å². The fourth-order valence-electron chi connectivity index (χ4n) is 1.79. The Bertz CT molecular complexity index is 352. The summed E-state index contributed by atoms with van der Waals surface area (Å²) in [7, 11) is 0. The van der Waals surface area contributed by atoms with Gasteiger partial charge in [-0.2, -0.15) is 5.10 Å². The van der Waals surface area contributed by atoms with Crippen LogP contribution in [0.4, 0.5) is 0 Å². The molecule has 0 amide bonds. The predicted molar refractivity (Wildman–Crippen MR) is 70.5 cm³/mol. The van der Waals surface area contributed by atoms with E-state index < -0.39 is 0 Å². The molecule has 0 aliphatic carbocycles. The van der Waals surface area contributed by atoms with Crippen LogP contribution in [0.1, 0.15) is 32.2 Å². The molecular formula is C12H22ClN3O. The summed E-state index contributed by atoms with van der Waals surface area (Å²) in [5, 5.41) is 5.23. The van der Waals surface area contributed by atoms with Crippen molar-refractivity contribution in [3.8, 4) is 0 Å². The molecule has 0 bridgehead atoms. The molecule has 1 atom stereocenters. The van der Waals surface area contributed by atoms with Gasteiger partial charge in [-0.1, -0.05) is 18.5 Å². The average Bonchev–Trinajstić information content (AvgIpc) is 2.63. The van der Waals surface area contributed by atoms with Crippen molar-refractivity contribution in [2.45, 2.75) is 46.2 Å². The van der Waals surface area contributed by atoms with Gasteiger partial charge in [-0.3, -0.25) is 4.68 Å². The summed E-state index contributed by atoms with van der Waals surface area (Å²) < 4.78 is 7.25. The summed E-state index contributed by atoms with van der Waals surface area (Å²) in [5.74, 6) is 0. The van der Waals surface area contributed by atoms with Gasteiger partial charge >= 0.3 is 0 Å². The number of hydrogen-bond donors (Lipinski definition) is 1. The third-order valence-electron chi connectivity index (χ3n) is 2.69. The topological polar surface area (TPSA) is 53.1 Å². The molecule has 0 saturated carbocycles. The molecule has 4 nitrogen and oxygen atoms in total. The molecule has 1 aromatic heterocycles. The highest BCUT2D eigenvalue weighted by Gasteiger charge is 2.16. The number of aryl methyl sites for hydroxylation is 2. The SMILES string of the molecule is CCOCC(N)Cc1c(Cl)c(CC)nn1CC. The Labute approximate surface area is 108 Å². The van der Waals surface area contributed by atoms with Crippen LogP contribution < -0.4 is 5.73 Å². The molecule has 0 saturated heterocycles. The van der Waals surface area contributed by atoms with Crippen LogP contribution >= 0.6 is 11.6 Å². The molecule has 0 fully saturated rings. The van der Waals surface area contributed by atoms with E-state index in [-0.39, 0.29) is 6.04 Å². The number of aromatic nitrogens is 2. The van der Waals surface area contributed by atoms with Crippen molar-refractivity contribution in [2.24, 2.45) is 5.73 Å². The molecule has 0 aliphatic rings. The third kappa shape index (κ3) is 3.69. The zero-order valence-corrected chi connectivity index (χ0v) is 11.6. The molecule has 98 valence electrons. The first-order valence-corrected chi connectivity index (χ1v) is 6.59. The average molecular weight is 260 g/mol. The highest BCUT2D eigenvalue weighted by Crippen LogP contribution is 2.22. The Kier molecular flexibility index (Phi) is 5.95. The van der Waals surface area contributed by atoms with Crippen LogP contribution in [0, 0.1) is 0 Å². The largest absolute Gasteiger partial charge is 0.380 e. The van der Waals surface area contributed by atoms with Gasteiger partial charge in [-0.25, -0.2) is 0 Å². The maximum absolute atomic E-state index is 6.31. The fourth-order valence-corrected chi connectivity index (χ4v) is 2.13. The van der Waals surface area contributed by atoms with Crippen LogP contribution in [0.15, 0.2) is 0 Å². The second kappa shape index (κ2) is 6.99. The summed E-state index contributed by atoms with van der Waals surface area (Å²) in [4.78, 5) is 0. The van der Waals surface area contributed by atoms with Gasteiger partial charge in [0.15, 0.2) is 0 Å². The zero-order chi connectivity index (χ0) is 12.8. The van der Waals surface area contributed by atoms with Crippen molar-refractivity contribution >= 4 is 11.6 Å². The molecule has 1 heterocycles. The number of rotatable bonds is 7. The third-order valence-corrected chi connectivity index (χ3v) is 3.12. The molecule has 0 aromatic carbocycles. The summed E-state index contributed by atoms with van der Waals surface area (Å²) in [5.41, 5.74) is 7.99. The minimum Gasteiger partial charge on any atom is -0.380 e. The van der Waals surface area contributed by atoms with Gasteiger partial charge in [-0.05, 0) is 20.3 Å². The molecular weight excluding hydrogens is 238 g/mol. The molecule has 0 radical (unpaired) electrons. The van der Waals surface area contributed by atoms with Gasteiger partial charge in [0.05, 0.1) is 23.0 Å². The summed E-state index contributed by atoms with van der Waals surface area (Å²) in [6.45, 7) is 8.14. The van der Waals surface area contributed by atoms with Crippen LogP contribution in [0.2, 0.25) is 5.02 Å². The monoisotopic (exact) mass is 259 g/mol. The molecule has 1 aromatic rings. The van der Waals surface area contributed by atoms with E-state index >= 15 is 0 Å². The predicted octanol–water partition coefficient (Wildman–Crippen LogP) is 2.03. The van der Waals surface area contributed by atoms with E-state index in [0.29, 0.717) is 19.6 Å². The number of hydrogen-bond acceptors (Lipinski definition) is 3. The van der Waals surface area contributed by atoms with Crippen LogP contribution in [-0.2, 0) is 24.1 Å². The maximum Gasteiger partial charge on any atom is 0.0850 e. The Morgan fingerprint density at radius 3 is 2.65 bits per heavy atom. The Morgan fingerprint density at radius 1 is 1.41 bits per heavy atom. The Balaban J connectivity index is 2.78. The van der Waals surface area contributed by atoms with Crippen molar-refractivity contribution in [1.29, 1.82) is 0 Å². The Hall–Kier alpha value is -0.580. The summed E-state index contributed by atoms with van der Waals surface area (Å²) in [6.07, 6.45) is 1.55. The van der Waals surface area contributed by atoms with Crippen molar-refractivity contribution in [3.05, 3.63) is 16.4 Å². The minimum absolute atomic E-state index is 0.0286. The maximum atomic E-state index is 6.31. The van der Waals surface area contributed by atoms with Gasteiger partial charge in [0.2, 0.25) is 0 Å². The van der Waals surface area contributed by atoms with E-state index in [1.807, 2.05) is 11.6 Å². The quantitative estimate of drug-likeness (QED) is 0.815. The molecule has 17 heavy (non-hydrogen) atoms. The lowest BCUT2D eigenvalue weighted by atomic mass is 10.1. The molecule has 5 heteroatoms. The lowest BCUT2D eigenvalue weighted by Gasteiger charge is -2.12. The molecule has 1 rings (SSSR count). The first kappa shape index (κ1) is 14.5. The van der Waals surface area contributed by atoms with E-state index in [4.69, 9.17) is 22.1 Å². The lowest BCUT2D eigenvalue weighted by Crippen LogP contribution is -2.29. The number of nitrogens with zero attached hydrogens (tertiary/aromatic N) is 2. The van der Waals surface area contributed by atoms with Crippen molar-refractivity contribution < 1.29 is 4.74 Å². The van der Waals surface area contributed by atoms with Crippen molar-refractivity contribution in [2.75, 3.05) is 13.2 Å². The van der Waals surface area contributed by atoms with E-state index in [0.717, 1.165) is 29.4 Å². The van der Waals surface area contributed by atoms with Gasteiger partial charge in [0.25, 0.3) is 0 Å². The smallest absolute Gasteiger partial charge is 0.0850 e. The highest BCUT2D eigenvalue weighted by molar-refractivity contribution is 6.31. The standard InChI is InChI=1S/C12H22ClN3O/c1-4-10-12(13)11(16(5-2)15-10)7-9(14)8-17-6-3/h9H,4-8,14H2,1-3H3. The number of halogens is 1. The highest BCUT2D eigenvalue weighted by atomic mass is 35.5. The van der Waals surface area contributed by atoms with E-state index in [2.05, 4.69) is 18.9 Å². The molecule has 2 N–H and O–H groups in total. The van der Waals surface area contributed by atoms with Crippen LogP contribution in [0.5, 0.6) is 0 Å². The normalized spacial score (nSPS) is 13.0. The van der Waals surface area contributed by atoms with Crippen molar-refractivity contribution in [3.63, 3.8) is 0 Å².